The Morgan fingerprint density at radius 2 is 1.82 bits per heavy atom. The molecule has 0 saturated carbocycles. The predicted octanol–water partition coefficient (Wildman–Crippen LogP) is 2.49. The highest BCUT2D eigenvalue weighted by atomic mass is 16.6. The molecule has 0 spiro atoms. The Hall–Kier alpha value is -1.81. The molecule has 0 aliphatic carbocycles. The van der Waals surface area contributed by atoms with Crippen LogP contribution >= 0.6 is 0 Å². The Morgan fingerprint density at radius 3 is 2.29 bits per heavy atom. The summed E-state index contributed by atoms with van der Waals surface area (Å²) in [5.41, 5.74) is 0.718. The maximum Gasteiger partial charge on any atom is 0.336 e. The van der Waals surface area contributed by atoms with Crippen molar-refractivity contribution in [2.24, 2.45) is 0 Å². The minimum atomic E-state index is -1.12. The molecule has 4 nitrogen and oxygen atoms in total. The summed E-state index contributed by atoms with van der Waals surface area (Å²) >= 11 is 0. The van der Waals surface area contributed by atoms with Crippen molar-refractivity contribution in [1.29, 1.82) is 0 Å². The van der Waals surface area contributed by atoms with E-state index in [4.69, 9.17) is 4.74 Å². The van der Waals surface area contributed by atoms with Gasteiger partial charge in [0.25, 0.3) is 0 Å². The monoisotopic (exact) mass is 233 g/mol. The number of hydrogen-bond acceptors (Lipinski definition) is 4. The van der Waals surface area contributed by atoms with Gasteiger partial charge in [-0.1, -0.05) is 18.2 Å². The lowest BCUT2D eigenvalue weighted by molar-refractivity contribution is -0.150. The summed E-state index contributed by atoms with van der Waals surface area (Å²) in [5.74, 6) is -0.389. The van der Waals surface area contributed by atoms with Crippen LogP contribution in [0, 0.1) is 0 Å². The zero-order valence-corrected chi connectivity index (χ0v) is 10.1. The summed E-state index contributed by atoms with van der Waals surface area (Å²) in [5, 5.41) is 11.2. The van der Waals surface area contributed by atoms with Gasteiger partial charge in [0, 0.05) is 18.1 Å². The number of para-hydroxylation sites is 1. The average Bonchev–Trinajstić information content (AvgIpc) is 2.55. The molecule has 1 atom stereocenters. The number of anilines is 1. The van der Waals surface area contributed by atoms with Crippen molar-refractivity contribution in [1.82, 2.24) is 0 Å². The Bertz CT molecular complexity index is 481. The number of cyclic esters (lactones) is 1. The van der Waals surface area contributed by atoms with Gasteiger partial charge in [0.05, 0.1) is 5.69 Å². The summed E-state index contributed by atoms with van der Waals surface area (Å²) < 4.78 is 5.25. The van der Waals surface area contributed by atoms with E-state index < -0.39 is 5.72 Å². The van der Waals surface area contributed by atoms with E-state index in [1.807, 2.05) is 18.2 Å². The summed E-state index contributed by atoms with van der Waals surface area (Å²) in [6.07, 6.45) is 0. The molecule has 0 saturated heterocycles. The van der Waals surface area contributed by atoms with Crippen molar-refractivity contribution >= 4 is 11.7 Å². The normalized spacial score (nSPS) is 23.9. The van der Waals surface area contributed by atoms with Crippen LogP contribution in [0.4, 0.5) is 5.69 Å². The molecule has 17 heavy (non-hydrogen) atoms. The van der Waals surface area contributed by atoms with Gasteiger partial charge in [-0.15, -0.1) is 0 Å². The summed E-state index contributed by atoms with van der Waals surface area (Å²) in [4.78, 5) is 11.5. The molecule has 0 aromatic heterocycles. The van der Waals surface area contributed by atoms with Crippen molar-refractivity contribution in [2.45, 2.75) is 26.5 Å². The van der Waals surface area contributed by atoms with Crippen LogP contribution in [0.25, 0.3) is 0 Å². The van der Waals surface area contributed by atoms with Crippen LogP contribution in [0.2, 0.25) is 0 Å². The number of carbonyl (C=O) groups is 1. The van der Waals surface area contributed by atoms with Crippen LogP contribution in [-0.4, -0.2) is 16.9 Å². The number of ether oxygens (including phenoxy) is 1. The minimum absolute atomic E-state index is 0.389. The number of hydrogen-bond donors (Lipinski definition) is 1. The van der Waals surface area contributed by atoms with E-state index in [1.54, 1.807) is 32.9 Å². The first-order valence-corrected chi connectivity index (χ1v) is 5.42. The summed E-state index contributed by atoms with van der Waals surface area (Å²) in [6.45, 7) is 5.15. The largest absolute Gasteiger partial charge is 0.430 e. The molecule has 90 valence electrons. The lowest BCUT2D eigenvalue weighted by Crippen LogP contribution is -2.46. The van der Waals surface area contributed by atoms with Crippen LogP contribution in [0.1, 0.15) is 20.8 Å². The minimum Gasteiger partial charge on any atom is -0.430 e. The molecular formula is C13H15NO3. The van der Waals surface area contributed by atoms with E-state index in [9.17, 15) is 10.0 Å². The topological polar surface area (TPSA) is 49.8 Å². The van der Waals surface area contributed by atoms with Gasteiger partial charge in [-0.25, -0.2) is 9.86 Å². The fourth-order valence-electron chi connectivity index (χ4n) is 1.85. The zero-order chi connectivity index (χ0) is 12.6. The quantitative estimate of drug-likeness (QED) is 0.629. The number of benzene rings is 1. The molecule has 1 aliphatic rings. The molecule has 0 radical (unpaired) electrons. The molecule has 0 amide bonds. The molecule has 4 heteroatoms. The molecular weight excluding hydrogens is 218 g/mol. The van der Waals surface area contributed by atoms with Gasteiger partial charge in [-0.2, -0.15) is 0 Å². The van der Waals surface area contributed by atoms with E-state index in [2.05, 4.69) is 0 Å². The first-order chi connectivity index (χ1) is 7.97. The van der Waals surface area contributed by atoms with Gasteiger partial charge in [0.15, 0.2) is 0 Å². The average molecular weight is 233 g/mol. The third-order valence-corrected chi connectivity index (χ3v) is 3.26. The fourth-order valence-corrected chi connectivity index (χ4v) is 1.85. The molecule has 2 rings (SSSR count). The highest BCUT2D eigenvalue weighted by molar-refractivity contribution is 5.92. The highest BCUT2D eigenvalue weighted by Crippen LogP contribution is 2.36. The third kappa shape index (κ3) is 1.70. The zero-order valence-electron chi connectivity index (χ0n) is 10.1. The molecule has 1 heterocycles. The predicted molar refractivity (Wildman–Crippen MR) is 63.6 cm³/mol. The fraction of sp³-hybridized carbons (Fsp3) is 0.308. The second-order valence-corrected chi connectivity index (χ2v) is 4.27. The lowest BCUT2D eigenvalue weighted by atomic mass is 10.0. The van der Waals surface area contributed by atoms with Gasteiger partial charge in [0.2, 0.25) is 5.72 Å². The number of carbonyl (C=O) groups excluding carboxylic acids is 1. The van der Waals surface area contributed by atoms with Crippen LogP contribution < -0.4 is 5.06 Å². The van der Waals surface area contributed by atoms with Crippen LogP contribution in [0.3, 0.4) is 0 Å². The Labute approximate surface area is 100 Å². The number of nitrogens with zero attached hydrogens (tertiary/aromatic N) is 1. The van der Waals surface area contributed by atoms with Crippen molar-refractivity contribution in [3.05, 3.63) is 41.5 Å². The van der Waals surface area contributed by atoms with Crippen LogP contribution in [0.5, 0.6) is 0 Å². The van der Waals surface area contributed by atoms with Crippen molar-refractivity contribution in [3.63, 3.8) is 0 Å². The van der Waals surface area contributed by atoms with Crippen molar-refractivity contribution in [3.8, 4) is 0 Å². The van der Waals surface area contributed by atoms with E-state index in [-0.39, 0.29) is 5.97 Å². The second-order valence-electron chi connectivity index (χ2n) is 4.27. The smallest absolute Gasteiger partial charge is 0.336 e. The molecule has 1 aliphatic heterocycles. The Morgan fingerprint density at radius 1 is 1.24 bits per heavy atom. The van der Waals surface area contributed by atoms with Gasteiger partial charge in [-0.05, 0) is 26.0 Å². The van der Waals surface area contributed by atoms with E-state index in [1.165, 1.54) is 0 Å². The Balaban J connectivity index is 2.39. The van der Waals surface area contributed by atoms with Crippen molar-refractivity contribution < 1.29 is 14.7 Å². The molecule has 1 aromatic rings. The maximum atomic E-state index is 11.5. The molecule has 0 fully saturated rings. The lowest BCUT2D eigenvalue weighted by Gasteiger charge is -2.34. The van der Waals surface area contributed by atoms with E-state index >= 15 is 0 Å². The summed E-state index contributed by atoms with van der Waals surface area (Å²) in [7, 11) is 0. The van der Waals surface area contributed by atoms with Gasteiger partial charge in [0.1, 0.15) is 0 Å². The standard InChI is InChI=1S/C13H15NO3/c1-9-10(2)13(3,17-12(9)15)14(16)11-7-5-4-6-8-11/h4-8,16H,1-3H3. The third-order valence-electron chi connectivity index (χ3n) is 3.26. The molecule has 1 aromatic carbocycles. The Kier molecular flexibility index (Phi) is 2.67. The number of hydroxylamine groups is 1. The van der Waals surface area contributed by atoms with Gasteiger partial charge in [-0.3, -0.25) is 5.21 Å². The van der Waals surface area contributed by atoms with Crippen LogP contribution in [0.15, 0.2) is 41.5 Å². The maximum absolute atomic E-state index is 11.5. The summed E-state index contributed by atoms with van der Waals surface area (Å²) in [6, 6.07) is 8.98. The number of esters is 1. The van der Waals surface area contributed by atoms with Gasteiger partial charge >= 0.3 is 5.97 Å². The van der Waals surface area contributed by atoms with E-state index in [0.717, 1.165) is 5.06 Å². The second kappa shape index (κ2) is 3.89. The van der Waals surface area contributed by atoms with Crippen LogP contribution in [-0.2, 0) is 9.53 Å². The van der Waals surface area contributed by atoms with Gasteiger partial charge < -0.3 is 4.74 Å². The highest BCUT2D eigenvalue weighted by Gasteiger charge is 2.44. The van der Waals surface area contributed by atoms with Crippen molar-refractivity contribution in [2.75, 3.05) is 5.06 Å². The first-order valence-electron chi connectivity index (χ1n) is 5.42. The molecule has 1 N–H and O–H groups in total. The molecule has 0 bridgehead atoms. The number of rotatable bonds is 2. The van der Waals surface area contributed by atoms with E-state index in [0.29, 0.717) is 16.8 Å². The SMILES string of the molecule is CC1=C(C)C(C)(N(O)c2ccccc2)OC1=O. The molecule has 1 unspecified atom stereocenters. The first kappa shape index (κ1) is 11.7.